The van der Waals surface area contributed by atoms with E-state index in [9.17, 15) is 0 Å². The molecule has 0 heterocycles. The molecule has 0 atom stereocenters. The van der Waals surface area contributed by atoms with Gasteiger partial charge in [-0.2, -0.15) is 0 Å². The average molecular weight is 339 g/mol. The van der Waals surface area contributed by atoms with Gasteiger partial charge >= 0.3 is 0 Å². The van der Waals surface area contributed by atoms with Crippen LogP contribution < -0.4 is 0 Å². The van der Waals surface area contributed by atoms with E-state index in [2.05, 4.69) is 26.0 Å². The van der Waals surface area contributed by atoms with E-state index in [-0.39, 0.29) is 0 Å². The van der Waals surface area contributed by atoms with Crippen LogP contribution >= 0.6 is 0 Å². The molecule has 0 aliphatic carbocycles. The summed E-state index contributed by atoms with van der Waals surface area (Å²) < 4.78 is 5.65. The first kappa shape index (κ1) is 23.7. The number of hydrogen-bond donors (Lipinski definition) is 0. The molecule has 0 aromatic heterocycles. The Morgan fingerprint density at radius 2 is 0.833 bits per heavy atom. The summed E-state index contributed by atoms with van der Waals surface area (Å²) in [5.41, 5.74) is 0. The molecule has 0 radical (unpaired) electrons. The van der Waals surface area contributed by atoms with Crippen LogP contribution in [0.4, 0.5) is 0 Å². The predicted octanol–water partition coefficient (Wildman–Crippen LogP) is 8.23. The van der Waals surface area contributed by atoms with E-state index >= 15 is 0 Å². The Bertz CT molecular complexity index is 234. The molecule has 0 aliphatic heterocycles. The number of unbranched alkanes of at least 4 members (excludes halogenated alkanes) is 14. The molecule has 0 bridgehead atoms. The highest BCUT2D eigenvalue weighted by atomic mass is 16.5. The van der Waals surface area contributed by atoms with Gasteiger partial charge in [-0.05, 0) is 38.5 Å². The van der Waals surface area contributed by atoms with Crippen LogP contribution in [-0.2, 0) is 4.74 Å². The van der Waals surface area contributed by atoms with Gasteiger partial charge in [-0.25, -0.2) is 0 Å². The summed E-state index contributed by atoms with van der Waals surface area (Å²) in [5, 5.41) is 0. The zero-order valence-electron chi connectivity index (χ0n) is 17.0. The molecule has 1 nitrogen and oxygen atoms in total. The van der Waals surface area contributed by atoms with Gasteiger partial charge in [0.15, 0.2) is 0 Å². The van der Waals surface area contributed by atoms with Crippen LogP contribution in [0.5, 0.6) is 0 Å². The molecule has 144 valence electrons. The van der Waals surface area contributed by atoms with Gasteiger partial charge in [0.2, 0.25) is 0 Å². The Morgan fingerprint density at radius 3 is 1.38 bits per heavy atom. The second-order valence-electron chi connectivity index (χ2n) is 7.26. The Balaban J connectivity index is 3.03. The third-order valence-corrected chi connectivity index (χ3v) is 4.69. The van der Waals surface area contributed by atoms with Gasteiger partial charge in [-0.3, -0.25) is 0 Å². The number of allylic oxidation sites excluding steroid dienone is 2. The van der Waals surface area contributed by atoms with Gasteiger partial charge < -0.3 is 4.74 Å². The van der Waals surface area contributed by atoms with Crippen molar-refractivity contribution in [3.8, 4) is 0 Å². The first-order valence-electron chi connectivity index (χ1n) is 11.1. The molecule has 0 saturated carbocycles. The van der Waals surface area contributed by atoms with E-state index in [0.717, 1.165) is 13.2 Å². The number of ether oxygens (including phenoxy) is 1. The van der Waals surface area contributed by atoms with Crippen LogP contribution in [0.25, 0.3) is 0 Å². The van der Waals surface area contributed by atoms with Crippen molar-refractivity contribution in [1.29, 1.82) is 0 Å². The molecule has 0 spiro atoms. The average Bonchev–Trinajstić information content (AvgIpc) is 2.60. The van der Waals surface area contributed by atoms with E-state index in [4.69, 9.17) is 4.74 Å². The summed E-state index contributed by atoms with van der Waals surface area (Å²) in [6, 6.07) is 0. The fraction of sp³-hybridized carbons (Fsp3) is 0.913. The highest BCUT2D eigenvalue weighted by Gasteiger charge is 1.93. The largest absolute Gasteiger partial charge is 0.381 e. The second kappa shape index (κ2) is 22.7. The molecule has 0 unspecified atom stereocenters. The van der Waals surface area contributed by atoms with E-state index in [0.29, 0.717) is 0 Å². The fourth-order valence-corrected chi connectivity index (χ4v) is 3.01. The molecule has 0 aromatic carbocycles. The smallest absolute Gasteiger partial charge is 0.0466 e. The summed E-state index contributed by atoms with van der Waals surface area (Å²) in [5.74, 6) is 0. The second-order valence-corrected chi connectivity index (χ2v) is 7.26. The lowest BCUT2D eigenvalue weighted by atomic mass is 10.1. The SMILES string of the molecule is CCCCCCCC/C=C\CCCCCCCCOCCCCC. The van der Waals surface area contributed by atoms with E-state index in [1.165, 1.54) is 109 Å². The van der Waals surface area contributed by atoms with E-state index < -0.39 is 0 Å². The standard InChI is InChI=1S/C23H46O/c1-3-5-7-8-9-10-11-12-13-14-15-16-17-18-19-21-23-24-22-20-6-4-2/h12-13H,3-11,14-23H2,1-2H3/b13-12-. The van der Waals surface area contributed by atoms with Crippen molar-refractivity contribution in [3.63, 3.8) is 0 Å². The minimum atomic E-state index is 0.971. The normalized spacial score (nSPS) is 11.6. The highest BCUT2D eigenvalue weighted by Crippen LogP contribution is 2.10. The maximum atomic E-state index is 5.65. The molecule has 1 heteroatoms. The van der Waals surface area contributed by atoms with Gasteiger partial charge in [0.05, 0.1) is 0 Å². The molecule has 0 aliphatic rings. The van der Waals surface area contributed by atoms with Crippen molar-refractivity contribution in [2.45, 2.75) is 123 Å². The summed E-state index contributed by atoms with van der Waals surface area (Å²) in [4.78, 5) is 0. The van der Waals surface area contributed by atoms with Crippen LogP contribution in [0.2, 0.25) is 0 Å². The fourth-order valence-electron chi connectivity index (χ4n) is 3.01. The summed E-state index contributed by atoms with van der Waals surface area (Å²) in [7, 11) is 0. The van der Waals surface area contributed by atoms with Crippen molar-refractivity contribution in [2.75, 3.05) is 13.2 Å². The summed E-state index contributed by atoms with van der Waals surface area (Å²) in [6.45, 7) is 6.47. The van der Waals surface area contributed by atoms with Crippen molar-refractivity contribution in [1.82, 2.24) is 0 Å². The van der Waals surface area contributed by atoms with Crippen LogP contribution in [0.1, 0.15) is 123 Å². The van der Waals surface area contributed by atoms with Gasteiger partial charge in [0.1, 0.15) is 0 Å². The minimum Gasteiger partial charge on any atom is -0.381 e. The molecular weight excluding hydrogens is 292 g/mol. The van der Waals surface area contributed by atoms with Crippen LogP contribution in [0, 0.1) is 0 Å². The zero-order valence-corrected chi connectivity index (χ0v) is 17.0. The first-order chi connectivity index (χ1) is 11.9. The maximum Gasteiger partial charge on any atom is 0.0466 e. The molecule has 24 heavy (non-hydrogen) atoms. The van der Waals surface area contributed by atoms with E-state index in [1.54, 1.807) is 0 Å². The molecule has 0 N–H and O–H groups in total. The quantitative estimate of drug-likeness (QED) is 0.160. The third-order valence-electron chi connectivity index (χ3n) is 4.69. The van der Waals surface area contributed by atoms with Gasteiger partial charge in [-0.1, -0.05) is 96.6 Å². The molecule has 0 amide bonds. The Hall–Kier alpha value is -0.300. The Morgan fingerprint density at radius 1 is 0.458 bits per heavy atom. The molecule has 0 fully saturated rings. The highest BCUT2D eigenvalue weighted by molar-refractivity contribution is 4.81. The van der Waals surface area contributed by atoms with Crippen molar-refractivity contribution < 1.29 is 4.74 Å². The van der Waals surface area contributed by atoms with Crippen molar-refractivity contribution >= 4 is 0 Å². The number of hydrogen-bond acceptors (Lipinski definition) is 1. The Kier molecular flexibility index (Phi) is 22.4. The summed E-state index contributed by atoms with van der Waals surface area (Å²) >= 11 is 0. The lowest BCUT2D eigenvalue weighted by molar-refractivity contribution is 0.126. The van der Waals surface area contributed by atoms with Gasteiger partial charge in [0.25, 0.3) is 0 Å². The zero-order chi connectivity index (χ0) is 17.6. The van der Waals surface area contributed by atoms with Gasteiger partial charge in [0, 0.05) is 13.2 Å². The van der Waals surface area contributed by atoms with Crippen LogP contribution in [0.15, 0.2) is 12.2 Å². The predicted molar refractivity (Wildman–Crippen MR) is 110 cm³/mol. The molecule has 0 saturated heterocycles. The lowest BCUT2D eigenvalue weighted by Crippen LogP contribution is -1.96. The number of rotatable bonds is 20. The topological polar surface area (TPSA) is 9.23 Å². The molecular formula is C23H46O. The molecule has 0 rings (SSSR count). The summed E-state index contributed by atoms with van der Waals surface area (Å²) in [6.07, 6.45) is 27.9. The third kappa shape index (κ3) is 21.7. The van der Waals surface area contributed by atoms with Crippen molar-refractivity contribution in [2.24, 2.45) is 0 Å². The lowest BCUT2D eigenvalue weighted by Gasteiger charge is -2.03. The monoisotopic (exact) mass is 338 g/mol. The van der Waals surface area contributed by atoms with Crippen LogP contribution in [0.3, 0.4) is 0 Å². The Labute approximate surface area is 153 Å². The first-order valence-corrected chi connectivity index (χ1v) is 11.1. The minimum absolute atomic E-state index is 0.971. The van der Waals surface area contributed by atoms with E-state index in [1.807, 2.05) is 0 Å². The van der Waals surface area contributed by atoms with Gasteiger partial charge in [-0.15, -0.1) is 0 Å². The molecule has 0 aromatic rings. The van der Waals surface area contributed by atoms with Crippen molar-refractivity contribution in [3.05, 3.63) is 12.2 Å². The maximum absolute atomic E-state index is 5.65. The van der Waals surface area contributed by atoms with Crippen LogP contribution in [-0.4, -0.2) is 13.2 Å².